The number of ether oxygens (including phenoxy) is 1. The third-order valence-corrected chi connectivity index (χ3v) is 3.18. The average molecular weight is 296 g/mol. The van der Waals surface area contributed by atoms with E-state index >= 15 is 0 Å². The van der Waals surface area contributed by atoms with Crippen LogP contribution in [0.1, 0.15) is 5.56 Å². The van der Waals surface area contributed by atoms with Crippen molar-refractivity contribution >= 4 is 11.8 Å². The fraction of sp³-hybridized carbons (Fsp3) is 0.118. The quantitative estimate of drug-likeness (QED) is 0.743. The van der Waals surface area contributed by atoms with Crippen molar-refractivity contribution in [3.8, 4) is 17.1 Å². The zero-order valence-corrected chi connectivity index (χ0v) is 12.2. The van der Waals surface area contributed by atoms with Crippen LogP contribution in [0.2, 0.25) is 0 Å². The number of furan rings is 1. The van der Waals surface area contributed by atoms with E-state index in [0.29, 0.717) is 12.3 Å². The Morgan fingerprint density at radius 3 is 3.00 bits per heavy atom. The molecule has 0 aliphatic heterocycles. The molecule has 0 saturated heterocycles. The maximum atomic E-state index is 5.42. The number of anilines is 1. The summed E-state index contributed by atoms with van der Waals surface area (Å²) in [7, 11) is 1.64. The lowest BCUT2D eigenvalue weighted by molar-refractivity contribution is 0.415. The highest BCUT2D eigenvalue weighted by Crippen LogP contribution is 2.32. The van der Waals surface area contributed by atoms with Gasteiger partial charge in [-0.1, -0.05) is 12.2 Å². The molecule has 112 valence electrons. The Hall–Kier alpha value is -2.95. The van der Waals surface area contributed by atoms with E-state index in [-0.39, 0.29) is 0 Å². The van der Waals surface area contributed by atoms with E-state index in [2.05, 4.69) is 10.3 Å². The second-order valence-electron chi connectivity index (χ2n) is 4.62. The van der Waals surface area contributed by atoms with Crippen molar-refractivity contribution in [2.45, 2.75) is 0 Å². The van der Waals surface area contributed by atoms with Gasteiger partial charge in [0.15, 0.2) is 12.2 Å². The van der Waals surface area contributed by atoms with Crippen LogP contribution in [-0.4, -0.2) is 18.6 Å². The Kier molecular flexibility index (Phi) is 4.25. The first-order valence-electron chi connectivity index (χ1n) is 6.86. The van der Waals surface area contributed by atoms with Crippen LogP contribution in [0.5, 0.6) is 5.75 Å². The Morgan fingerprint density at radius 2 is 2.27 bits per heavy atom. The first-order chi connectivity index (χ1) is 10.9. The van der Waals surface area contributed by atoms with Gasteiger partial charge in [0.25, 0.3) is 0 Å². The molecule has 22 heavy (non-hydrogen) atoms. The van der Waals surface area contributed by atoms with Gasteiger partial charge in [0.1, 0.15) is 5.75 Å². The molecular formula is C17H16N2O3. The molecule has 0 atom stereocenters. The topological polar surface area (TPSA) is 60.4 Å². The minimum absolute atomic E-state index is 0.684. The van der Waals surface area contributed by atoms with E-state index < -0.39 is 0 Å². The zero-order chi connectivity index (χ0) is 15.2. The summed E-state index contributed by atoms with van der Waals surface area (Å²) < 4.78 is 15.7. The normalized spacial score (nSPS) is 11.0. The predicted octanol–water partition coefficient (Wildman–Crippen LogP) is 4.07. The Bertz CT molecular complexity index is 731. The molecule has 1 aromatic carbocycles. The van der Waals surface area contributed by atoms with Gasteiger partial charge in [0, 0.05) is 23.9 Å². The van der Waals surface area contributed by atoms with E-state index in [4.69, 9.17) is 13.6 Å². The van der Waals surface area contributed by atoms with Crippen molar-refractivity contribution in [3.05, 3.63) is 61.0 Å². The molecule has 0 saturated carbocycles. The lowest BCUT2D eigenvalue weighted by atomic mass is 10.1. The van der Waals surface area contributed by atoms with Crippen LogP contribution >= 0.6 is 0 Å². The van der Waals surface area contributed by atoms with Crippen molar-refractivity contribution < 1.29 is 13.6 Å². The molecule has 0 aliphatic carbocycles. The van der Waals surface area contributed by atoms with Gasteiger partial charge in [-0.25, -0.2) is 4.98 Å². The molecule has 2 heterocycles. The van der Waals surface area contributed by atoms with Crippen LogP contribution in [0.3, 0.4) is 0 Å². The molecule has 3 rings (SSSR count). The number of nitrogens with one attached hydrogen (secondary N) is 1. The standard InChI is InChI=1S/C17H16N2O3/c1-20-16-9-14(4-5-15(16)17-10-18-12-22-17)19-7-2-3-13-6-8-21-11-13/h2-6,8-12,19H,7H2,1H3. The summed E-state index contributed by atoms with van der Waals surface area (Å²) in [5.41, 5.74) is 2.89. The lowest BCUT2D eigenvalue weighted by Gasteiger charge is -2.09. The summed E-state index contributed by atoms with van der Waals surface area (Å²) in [5, 5.41) is 3.31. The van der Waals surface area contributed by atoms with Crippen LogP contribution in [-0.2, 0) is 0 Å². The number of benzene rings is 1. The summed E-state index contributed by atoms with van der Waals surface area (Å²) in [6.45, 7) is 0.704. The minimum Gasteiger partial charge on any atom is -0.496 e. The first kappa shape index (κ1) is 14.0. The van der Waals surface area contributed by atoms with Crippen LogP contribution in [0.4, 0.5) is 5.69 Å². The number of oxazole rings is 1. The molecule has 0 radical (unpaired) electrons. The minimum atomic E-state index is 0.684. The fourth-order valence-corrected chi connectivity index (χ4v) is 2.10. The Labute approximate surface area is 128 Å². The van der Waals surface area contributed by atoms with E-state index in [1.54, 1.807) is 25.8 Å². The average Bonchev–Trinajstić information content (AvgIpc) is 3.24. The number of aromatic nitrogens is 1. The van der Waals surface area contributed by atoms with Crippen LogP contribution in [0.15, 0.2) is 64.3 Å². The van der Waals surface area contributed by atoms with Crippen molar-refractivity contribution in [1.29, 1.82) is 0 Å². The van der Waals surface area contributed by atoms with Crippen molar-refractivity contribution in [2.75, 3.05) is 19.0 Å². The van der Waals surface area contributed by atoms with Gasteiger partial charge in [-0.2, -0.15) is 0 Å². The number of nitrogens with zero attached hydrogens (tertiary/aromatic N) is 1. The van der Waals surface area contributed by atoms with E-state index in [0.717, 1.165) is 22.6 Å². The highest BCUT2D eigenvalue weighted by molar-refractivity contribution is 5.69. The number of hydrogen-bond donors (Lipinski definition) is 1. The second kappa shape index (κ2) is 6.67. The van der Waals surface area contributed by atoms with Gasteiger partial charge in [-0.05, 0) is 18.2 Å². The molecule has 0 unspecified atom stereocenters. The Morgan fingerprint density at radius 1 is 1.32 bits per heavy atom. The van der Waals surface area contributed by atoms with Crippen molar-refractivity contribution in [3.63, 3.8) is 0 Å². The van der Waals surface area contributed by atoms with Gasteiger partial charge >= 0.3 is 0 Å². The molecule has 0 spiro atoms. The maximum Gasteiger partial charge on any atom is 0.181 e. The number of methoxy groups -OCH3 is 1. The molecule has 1 N–H and O–H groups in total. The summed E-state index contributed by atoms with van der Waals surface area (Å²) in [5.74, 6) is 1.42. The van der Waals surface area contributed by atoms with Gasteiger partial charge in [0.2, 0.25) is 0 Å². The number of rotatable bonds is 6. The molecule has 5 nitrogen and oxygen atoms in total. The molecule has 5 heteroatoms. The molecule has 2 aromatic heterocycles. The molecular weight excluding hydrogens is 280 g/mol. The smallest absolute Gasteiger partial charge is 0.181 e. The van der Waals surface area contributed by atoms with Crippen molar-refractivity contribution in [2.24, 2.45) is 0 Å². The van der Waals surface area contributed by atoms with Gasteiger partial charge in [-0.15, -0.1) is 0 Å². The lowest BCUT2D eigenvalue weighted by Crippen LogP contribution is -1.98. The molecule has 0 amide bonds. The van der Waals surface area contributed by atoms with E-state index in [1.165, 1.54) is 6.39 Å². The summed E-state index contributed by atoms with van der Waals surface area (Å²) in [4.78, 5) is 3.93. The molecule has 0 aliphatic rings. The maximum absolute atomic E-state index is 5.42. The molecule has 0 fully saturated rings. The van der Waals surface area contributed by atoms with E-state index in [1.807, 2.05) is 36.4 Å². The zero-order valence-electron chi connectivity index (χ0n) is 12.2. The first-order valence-corrected chi connectivity index (χ1v) is 6.86. The van der Waals surface area contributed by atoms with Crippen molar-refractivity contribution in [1.82, 2.24) is 4.98 Å². The molecule has 0 bridgehead atoms. The summed E-state index contributed by atoms with van der Waals surface area (Å²) in [6.07, 6.45) is 10.4. The molecule has 3 aromatic rings. The monoisotopic (exact) mass is 296 g/mol. The Balaban J connectivity index is 1.67. The van der Waals surface area contributed by atoms with Crippen LogP contribution < -0.4 is 10.1 Å². The highest BCUT2D eigenvalue weighted by atomic mass is 16.5. The number of hydrogen-bond acceptors (Lipinski definition) is 5. The van der Waals surface area contributed by atoms with Gasteiger partial charge < -0.3 is 18.9 Å². The highest BCUT2D eigenvalue weighted by Gasteiger charge is 2.09. The largest absolute Gasteiger partial charge is 0.496 e. The SMILES string of the molecule is COc1cc(NCC=Cc2ccoc2)ccc1-c1cnco1. The fourth-order valence-electron chi connectivity index (χ4n) is 2.10. The van der Waals surface area contributed by atoms with Gasteiger partial charge in [-0.3, -0.25) is 0 Å². The van der Waals surface area contributed by atoms with Crippen LogP contribution in [0.25, 0.3) is 17.4 Å². The summed E-state index contributed by atoms with van der Waals surface area (Å²) in [6, 6.07) is 7.77. The third kappa shape index (κ3) is 3.20. The predicted molar refractivity (Wildman–Crippen MR) is 84.7 cm³/mol. The van der Waals surface area contributed by atoms with E-state index in [9.17, 15) is 0 Å². The third-order valence-electron chi connectivity index (χ3n) is 3.18. The van der Waals surface area contributed by atoms with Gasteiger partial charge in [0.05, 0.1) is 31.4 Å². The summed E-state index contributed by atoms with van der Waals surface area (Å²) >= 11 is 0. The van der Waals surface area contributed by atoms with Crippen LogP contribution in [0, 0.1) is 0 Å². The second-order valence-corrected chi connectivity index (χ2v) is 4.62.